The van der Waals surface area contributed by atoms with E-state index in [0.29, 0.717) is 0 Å². The molecule has 0 fully saturated rings. The van der Waals surface area contributed by atoms with Gasteiger partial charge in [0.25, 0.3) is 0 Å². The predicted molar refractivity (Wildman–Crippen MR) is 75.0 cm³/mol. The average molecular weight is 312 g/mol. The van der Waals surface area contributed by atoms with E-state index in [9.17, 15) is 0 Å². The van der Waals surface area contributed by atoms with E-state index in [0.717, 1.165) is 35.2 Å². The van der Waals surface area contributed by atoms with Crippen molar-refractivity contribution >= 4 is 27.5 Å². The third-order valence-electron chi connectivity index (χ3n) is 2.40. The van der Waals surface area contributed by atoms with Gasteiger partial charge in [0.15, 0.2) is 0 Å². The van der Waals surface area contributed by atoms with E-state index >= 15 is 0 Å². The number of nitrogens with zero attached hydrogens (tertiary/aromatic N) is 2. The van der Waals surface area contributed by atoms with Crippen molar-refractivity contribution < 1.29 is 0 Å². The molecule has 0 bridgehead atoms. The van der Waals surface area contributed by atoms with Crippen LogP contribution in [0.4, 0.5) is 0 Å². The number of rotatable bonds is 5. The molecular weight excluding hydrogens is 298 g/mol. The summed E-state index contributed by atoms with van der Waals surface area (Å²) >= 11 is 5.01. The molecule has 1 N–H and O–H groups in total. The molecule has 0 amide bonds. The summed E-state index contributed by atoms with van der Waals surface area (Å²) in [6.45, 7) is 4.02. The SMILES string of the molecule is CCCNCc1snnc1-c1ccccc1Br. The fourth-order valence-corrected chi connectivity index (χ4v) is 2.66. The molecule has 0 atom stereocenters. The highest BCUT2D eigenvalue weighted by molar-refractivity contribution is 9.10. The van der Waals surface area contributed by atoms with Crippen molar-refractivity contribution in [2.75, 3.05) is 6.54 Å². The second-order valence-corrected chi connectivity index (χ2v) is 5.39. The maximum atomic E-state index is 4.22. The van der Waals surface area contributed by atoms with Gasteiger partial charge in [-0.05, 0) is 30.6 Å². The van der Waals surface area contributed by atoms with Crippen molar-refractivity contribution in [3.8, 4) is 11.3 Å². The van der Waals surface area contributed by atoms with Crippen LogP contribution in [0.1, 0.15) is 18.2 Å². The lowest BCUT2D eigenvalue weighted by atomic mass is 10.1. The van der Waals surface area contributed by atoms with E-state index in [1.165, 1.54) is 16.4 Å². The summed E-state index contributed by atoms with van der Waals surface area (Å²) in [5.41, 5.74) is 2.08. The van der Waals surface area contributed by atoms with Gasteiger partial charge in [0.05, 0.1) is 4.88 Å². The van der Waals surface area contributed by atoms with Gasteiger partial charge >= 0.3 is 0 Å². The number of hydrogen-bond donors (Lipinski definition) is 1. The van der Waals surface area contributed by atoms with Crippen LogP contribution in [0, 0.1) is 0 Å². The second-order valence-electron chi connectivity index (χ2n) is 3.70. The summed E-state index contributed by atoms with van der Waals surface area (Å²) < 4.78 is 5.11. The number of aromatic nitrogens is 2. The molecule has 1 aromatic heterocycles. The van der Waals surface area contributed by atoms with Crippen LogP contribution in [0.5, 0.6) is 0 Å². The van der Waals surface area contributed by atoms with E-state index in [1.807, 2.05) is 18.2 Å². The molecule has 0 aliphatic carbocycles. The van der Waals surface area contributed by atoms with Crippen LogP contribution >= 0.6 is 27.5 Å². The Kier molecular flexibility index (Phi) is 4.65. The van der Waals surface area contributed by atoms with Crippen LogP contribution in [-0.2, 0) is 6.54 Å². The lowest BCUT2D eigenvalue weighted by Crippen LogP contribution is -2.13. The summed E-state index contributed by atoms with van der Waals surface area (Å²) in [6, 6.07) is 8.10. The Morgan fingerprint density at radius 1 is 1.35 bits per heavy atom. The van der Waals surface area contributed by atoms with Gasteiger partial charge in [-0.25, -0.2) is 0 Å². The first kappa shape index (κ1) is 12.7. The molecule has 3 nitrogen and oxygen atoms in total. The average Bonchev–Trinajstić information content (AvgIpc) is 2.78. The molecule has 0 spiro atoms. The first-order valence-corrected chi connectivity index (χ1v) is 7.16. The zero-order valence-electron chi connectivity index (χ0n) is 9.61. The van der Waals surface area contributed by atoms with Crippen molar-refractivity contribution in [1.82, 2.24) is 14.9 Å². The van der Waals surface area contributed by atoms with E-state index in [4.69, 9.17) is 0 Å². The van der Waals surface area contributed by atoms with Crippen molar-refractivity contribution in [1.29, 1.82) is 0 Å². The van der Waals surface area contributed by atoms with Crippen molar-refractivity contribution in [3.63, 3.8) is 0 Å². The molecule has 5 heteroatoms. The minimum Gasteiger partial charge on any atom is -0.312 e. The molecule has 1 heterocycles. The standard InChI is InChI=1S/C12H14BrN3S/c1-2-7-14-8-11-12(15-16-17-11)9-5-3-4-6-10(9)13/h3-6,14H,2,7-8H2,1H3. The molecule has 0 saturated heterocycles. The molecule has 2 rings (SSSR count). The van der Waals surface area contributed by atoms with Crippen LogP contribution in [-0.4, -0.2) is 16.1 Å². The topological polar surface area (TPSA) is 37.8 Å². The van der Waals surface area contributed by atoms with E-state index in [2.05, 4.69) is 43.8 Å². The highest BCUT2D eigenvalue weighted by Gasteiger charge is 2.12. The van der Waals surface area contributed by atoms with Crippen LogP contribution in [0.2, 0.25) is 0 Å². The number of halogens is 1. The van der Waals surface area contributed by atoms with E-state index in [1.54, 1.807) is 0 Å². The Hall–Kier alpha value is -0.780. The normalized spacial score (nSPS) is 10.7. The monoisotopic (exact) mass is 311 g/mol. The maximum Gasteiger partial charge on any atom is 0.111 e. The first-order valence-electron chi connectivity index (χ1n) is 5.59. The van der Waals surface area contributed by atoms with Crippen LogP contribution in [0.25, 0.3) is 11.3 Å². The highest BCUT2D eigenvalue weighted by atomic mass is 79.9. The van der Waals surface area contributed by atoms with Crippen molar-refractivity contribution in [2.45, 2.75) is 19.9 Å². The zero-order chi connectivity index (χ0) is 12.1. The molecule has 17 heavy (non-hydrogen) atoms. The van der Waals surface area contributed by atoms with Gasteiger partial charge in [0.2, 0.25) is 0 Å². The molecule has 0 saturated carbocycles. The predicted octanol–water partition coefficient (Wildman–Crippen LogP) is 3.47. The Bertz CT molecular complexity index is 484. The smallest absolute Gasteiger partial charge is 0.111 e. The number of benzene rings is 1. The summed E-state index contributed by atoms with van der Waals surface area (Å²) in [6.07, 6.45) is 1.14. The number of nitrogens with one attached hydrogen (secondary N) is 1. The largest absolute Gasteiger partial charge is 0.312 e. The van der Waals surface area contributed by atoms with Gasteiger partial charge in [-0.15, -0.1) is 5.10 Å². The Balaban J connectivity index is 2.22. The fourth-order valence-electron chi connectivity index (χ4n) is 1.56. The third-order valence-corrected chi connectivity index (χ3v) is 3.81. The van der Waals surface area contributed by atoms with Gasteiger partial charge in [0, 0.05) is 16.6 Å². The van der Waals surface area contributed by atoms with Gasteiger partial charge in [-0.3, -0.25) is 0 Å². The van der Waals surface area contributed by atoms with Crippen LogP contribution < -0.4 is 5.32 Å². The molecule has 1 aromatic carbocycles. The minimum atomic E-state index is 0.835. The molecule has 0 unspecified atom stereocenters. The molecule has 2 aromatic rings. The summed E-state index contributed by atoms with van der Waals surface area (Å²) in [5, 5.41) is 7.61. The minimum absolute atomic E-state index is 0.835. The van der Waals surface area contributed by atoms with Crippen molar-refractivity contribution in [2.24, 2.45) is 0 Å². The van der Waals surface area contributed by atoms with Gasteiger partial charge in [0.1, 0.15) is 5.69 Å². The Morgan fingerprint density at radius 2 is 2.18 bits per heavy atom. The van der Waals surface area contributed by atoms with E-state index < -0.39 is 0 Å². The summed E-state index contributed by atoms with van der Waals surface area (Å²) in [4.78, 5) is 1.19. The number of hydrogen-bond acceptors (Lipinski definition) is 4. The fraction of sp³-hybridized carbons (Fsp3) is 0.333. The molecular formula is C12H14BrN3S. The van der Waals surface area contributed by atoms with Gasteiger partial charge in [-0.1, -0.05) is 45.5 Å². The zero-order valence-corrected chi connectivity index (χ0v) is 12.0. The Labute approximate surface area is 114 Å². The molecule has 0 aliphatic heterocycles. The highest BCUT2D eigenvalue weighted by Crippen LogP contribution is 2.30. The van der Waals surface area contributed by atoms with Crippen LogP contribution in [0.3, 0.4) is 0 Å². The second kappa shape index (κ2) is 6.23. The lowest BCUT2D eigenvalue weighted by Gasteiger charge is -2.04. The summed E-state index contributed by atoms with van der Waals surface area (Å²) in [7, 11) is 0. The first-order chi connectivity index (χ1) is 8.33. The van der Waals surface area contributed by atoms with Crippen molar-refractivity contribution in [3.05, 3.63) is 33.6 Å². The molecule has 90 valence electrons. The molecule has 0 aliphatic rings. The maximum absolute atomic E-state index is 4.22. The van der Waals surface area contributed by atoms with Gasteiger partial charge < -0.3 is 5.32 Å². The Morgan fingerprint density at radius 3 is 2.94 bits per heavy atom. The van der Waals surface area contributed by atoms with Crippen LogP contribution in [0.15, 0.2) is 28.7 Å². The molecule has 0 radical (unpaired) electrons. The summed E-state index contributed by atoms with van der Waals surface area (Å²) in [5.74, 6) is 0. The van der Waals surface area contributed by atoms with Gasteiger partial charge in [-0.2, -0.15) is 0 Å². The lowest BCUT2D eigenvalue weighted by molar-refractivity contribution is 0.681. The van der Waals surface area contributed by atoms with E-state index in [-0.39, 0.29) is 0 Å². The third kappa shape index (κ3) is 3.12. The quantitative estimate of drug-likeness (QED) is 0.859.